The molecule has 1 aromatic heterocycles. The minimum absolute atomic E-state index is 0.0368. The fraction of sp³-hybridized carbons (Fsp3) is 0.286. The third-order valence-corrected chi connectivity index (χ3v) is 5.38. The summed E-state index contributed by atoms with van der Waals surface area (Å²) in [5.41, 5.74) is 2.61. The summed E-state index contributed by atoms with van der Waals surface area (Å²) in [7, 11) is 3.58. The molecule has 3 rings (SSSR count). The van der Waals surface area contributed by atoms with Gasteiger partial charge in [-0.25, -0.2) is 0 Å². The molecule has 0 spiro atoms. The van der Waals surface area contributed by atoms with Crippen molar-refractivity contribution < 1.29 is 14.3 Å². The van der Waals surface area contributed by atoms with Crippen molar-refractivity contribution in [3.05, 3.63) is 53.6 Å². The van der Waals surface area contributed by atoms with E-state index in [1.807, 2.05) is 54.9 Å². The molecule has 0 atom stereocenters. The maximum absolute atomic E-state index is 11.7. The van der Waals surface area contributed by atoms with E-state index < -0.39 is 0 Å². The largest absolute Gasteiger partial charge is 0.497 e. The quantitative estimate of drug-likeness (QED) is 0.415. The molecule has 0 aliphatic heterocycles. The highest BCUT2D eigenvalue weighted by Gasteiger charge is 2.14. The van der Waals surface area contributed by atoms with E-state index in [1.54, 1.807) is 31.9 Å². The fourth-order valence-electron chi connectivity index (χ4n) is 2.78. The summed E-state index contributed by atoms with van der Waals surface area (Å²) in [4.78, 5) is 11.7. The molecule has 3 aromatic rings. The van der Waals surface area contributed by atoms with Crippen LogP contribution in [-0.4, -0.2) is 34.3 Å². The van der Waals surface area contributed by atoms with Gasteiger partial charge in [-0.3, -0.25) is 4.79 Å². The topological polar surface area (TPSA) is 66.2 Å². The Labute approximate surface area is 168 Å². The zero-order valence-corrected chi connectivity index (χ0v) is 17.2. The summed E-state index contributed by atoms with van der Waals surface area (Å²) in [5, 5.41) is 9.44. The van der Waals surface area contributed by atoms with Crippen LogP contribution in [0.15, 0.2) is 47.6 Å². The van der Waals surface area contributed by atoms with E-state index in [0.717, 1.165) is 33.6 Å². The van der Waals surface area contributed by atoms with Gasteiger partial charge in [0, 0.05) is 29.5 Å². The Kier molecular flexibility index (Phi) is 6.36. The number of carbonyl (C=O) groups excluding carboxylic acids is 1. The number of aromatic nitrogens is 3. The SMILES string of the molecule is CCOc1ccc(C(C)=O)cc1CSc1nnc(-c2ccc(OC)cc2)n1C. The van der Waals surface area contributed by atoms with Crippen molar-refractivity contribution in [2.24, 2.45) is 7.05 Å². The molecule has 0 fully saturated rings. The molecule has 2 aromatic carbocycles. The highest BCUT2D eigenvalue weighted by molar-refractivity contribution is 7.98. The van der Waals surface area contributed by atoms with Gasteiger partial charge < -0.3 is 14.0 Å². The molecule has 7 heteroatoms. The molecule has 0 unspecified atom stereocenters. The molecular weight excluding hydrogens is 374 g/mol. The maximum Gasteiger partial charge on any atom is 0.191 e. The van der Waals surface area contributed by atoms with Gasteiger partial charge in [0.25, 0.3) is 0 Å². The first kappa shape index (κ1) is 19.9. The number of benzene rings is 2. The van der Waals surface area contributed by atoms with Gasteiger partial charge in [-0.05, 0) is 56.3 Å². The molecule has 1 heterocycles. The standard InChI is InChI=1S/C21H23N3O3S/c1-5-27-19-11-8-16(14(2)25)12-17(19)13-28-21-23-22-20(24(21)3)15-6-9-18(26-4)10-7-15/h6-12H,5,13H2,1-4H3. The Balaban J connectivity index is 1.80. The number of methoxy groups -OCH3 is 1. The number of hydrogen-bond acceptors (Lipinski definition) is 6. The van der Waals surface area contributed by atoms with E-state index in [9.17, 15) is 4.79 Å². The molecule has 28 heavy (non-hydrogen) atoms. The van der Waals surface area contributed by atoms with E-state index in [4.69, 9.17) is 9.47 Å². The van der Waals surface area contributed by atoms with Crippen LogP contribution < -0.4 is 9.47 Å². The van der Waals surface area contributed by atoms with Crippen molar-refractivity contribution in [3.8, 4) is 22.9 Å². The lowest BCUT2D eigenvalue weighted by atomic mass is 10.1. The molecule has 0 saturated carbocycles. The Morgan fingerprint density at radius 2 is 1.89 bits per heavy atom. The molecule has 0 amide bonds. The molecule has 0 saturated heterocycles. The monoisotopic (exact) mass is 397 g/mol. The van der Waals surface area contributed by atoms with Crippen LogP contribution >= 0.6 is 11.8 Å². The van der Waals surface area contributed by atoms with Crippen LogP contribution in [0, 0.1) is 0 Å². The fourth-order valence-corrected chi connectivity index (χ4v) is 3.67. The van der Waals surface area contributed by atoms with Crippen molar-refractivity contribution in [2.45, 2.75) is 24.8 Å². The number of ketones is 1. The lowest BCUT2D eigenvalue weighted by Crippen LogP contribution is -2.00. The van der Waals surface area contributed by atoms with Crippen LogP contribution in [-0.2, 0) is 12.8 Å². The van der Waals surface area contributed by atoms with E-state index in [0.29, 0.717) is 17.9 Å². The molecule has 0 aliphatic carbocycles. The summed E-state index contributed by atoms with van der Waals surface area (Å²) in [5.74, 6) is 3.04. The number of hydrogen-bond donors (Lipinski definition) is 0. The van der Waals surface area contributed by atoms with Crippen molar-refractivity contribution in [3.63, 3.8) is 0 Å². The van der Waals surface area contributed by atoms with Crippen LogP contribution in [0.1, 0.15) is 29.8 Å². The van der Waals surface area contributed by atoms with Crippen LogP contribution in [0.4, 0.5) is 0 Å². The highest BCUT2D eigenvalue weighted by Crippen LogP contribution is 2.30. The number of nitrogens with zero attached hydrogens (tertiary/aromatic N) is 3. The van der Waals surface area contributed by atoms with Crippen LogP contribution in [0.2, 0.25) is 0 Å². The van der Waals surface area contributed by atoms with Crippen molar-refractivity contribution in [1.82, 2.24) is 14.8 Å². The predicted molar refractivity (Wildman–Crippen MR) is 110 cm³/mol. The third-order valence-electron chi connectivity index (χ3n) is 4.31. The lowest BCUT2D eigenvalue weighted by Gasteiger charge is -2.11. The molecule has 0 radical (unpaired) electrons. The first-order valence-electron chi connectivity index (χ1n) is 8.96. The smallest absolute Gasteiger partial charge is 0.191 e. The van der Waals surface area contributed by atoms with Gasteiger partial charge in [-0.2, -0.15) is 0 Å². The second-order valence-corrected chi connectivity index (χ2v) is 7.14. The van der Waals surface area contributed by atoms with Gasteiger partial charge in [-0.1, -0.05) is 11.8 Å². The maximum atomic E-state index is 11.7. The summed E-state index contributed by atoms with van der Waals surface area (Å²) >= 11 is 1.56. The lowest BCUT2D eigenvalue weighted by molar-refractivity contribution is 0.101. The van der Waals surface area contributed by atoms with Gasteiger partial charge in [0.1, 0.15) is 11.5 Å². The van der Waals surface area contributed by atoms with Crippen molar-refractivity contribution in [1.29, 1.82) is 0 Å². The zero-order chi connectivity index (χ0) is 20.1. The number of rotatable bonds is 8. The Morgan fingerprint density at radius 3 is 2.54 bits per heavy atom. The minimum atomic E-state index is 0.0368. The van der Waals surface area contributed by atoms with Crippen LogP contribution in [0.3, 0.4) is 0 Å². The summed E-state index contributed by atoms with van der Waals surface area (Å²) in [6.45, 7) is 4.08. The van der Waals surface area contributed by atoms with Crippen molar-refractivity contribution >= 4 is 17.5 Å². The Morgan fingerprint density at radius 1 is 1.14 bits per heavy atom. The number of carbonyl (C=O) groups is 1. The van der Waals surface area contributed by atoms with E-state index in [2.05, 4.69) is 10.2 Å². The first-order chi connectivity index (χ1) is 13.5. The first-order valence-corrected chi connectivity index (χ1v) is 9.95. The molecule has 0 N–H and O–H groups in total. The molecule has 6 nitrogen and oxygen atoms in total. The third kappa shape index (κ3) is 4.36. The Hall–Kier alpha value is -2.80. The van der Waals surface area contributed by atoms with Gasteiger partial charge in [0.2, 0.25) is 0 Å². The molecule has 0 aliphatic rings. The molecular formula is C21H23N3O3S. The van der Waals surface area contributed by atoms with E-state index in [1.165, 1.54) is 0 Å². The normalized spacial score (nSPS) is 10.7. The zero-order valence-electron chi connectivity index (χ0n) is 16.4. The summed E-state index contributed by atoms with van der Waals surface area (Å²) in [6, 6.07) is 13.3. The van der Waals surface area contributed by atoms with Gasteiger partial charge in [0.15, 0.2) is 16.8 Å². The van der Waals surface area contributed by atoms with Crippen LogP contribution in [0.25, 0.3) is 11.4 Å². The average Bonchev–Trinajstić information content (AvgIpc) is 3.07. The average molecular weight is 398 g/mol. The molecule has 146 valence electrons. The second kappa shape index (κ2) is 8.93. The van der Waals surface area contributed by atoms with Gasteiger partial charge in [0.05, 0.1) is 13.7 Å². The molecule has 0 bridgehead atoms. The van der Waals surface area contributed by atoms with Crippen LogP contribution in [0.5, 0.6) is 11.5 Å². The van der Waals surface area contributed by atoms with E-state index in [-0.39, 0.29) is 5.78 Å². The minimum Gasteiger partial charge on any atom is -0.497 e. The summed E-state index contributed by atoms with van der Waals surface area (Å²) < 4.78 is 12.9. The predicted octanol–water partition coefficient (Wildman–Crippen LogP) is 4.38. The van der Waals surface area contributed by atoms with E-state index >= 15 is 0 Å². The number of ether oxygens (including phenoxy) is 2. The van der Waals surface area contributed by atoms with Crippen molar-refractivity contribution in [2.75, 3.05) is 13.7 Å². The number of thioether (sulfide) groups is 1. The Bertz CT molecular complexity index is 968. The second-order valence-electron chi connectivity index (χ2n) is 6.19. The highest BCUT2D eigenvalue weighted by atomic mass is 32.2. The summed E-state index contributed by atoms with van der Waals surface area (Å²) in [6.07, 6.45) is 0. The van der Waals surface area contributed by atoms with Gasteiger partial charge in [-0.15, -0.1) is 10.2 Å². The van der Waals surface area contributed by atoms with Gasteiger partial charge >= 0.3 is 0 Å². The number of Topliss-reactive ketones (excluding diaryl/α,β-unsaturated/α-hetero) is 1.